The molecule has 2 aromatic rings. The Morgan fingerprint density at radius 2 is 1.65 bits per heavy atom. The molecule has 0 radical (unpaired) electrons. The lowest BCUT2D eigenvalue weighted by Gasteiger charge is -2.20. The highest BCUT2D eigenvalue weighted by atomic mass is 32.2. The Bertz CT molecular complexity index is 984. The van der Waals surface area contributed by atoms with Crippen LogP contribution in [0.5, 0.6) is 0 Å². The van der Waals surface area contributed by atoms with Gasteiger partial charge in [0.25, 0.3) is 0 Å². The van der Waals surface area contributed by atoms with Crippen LogP contribution < -0.4 is 10.6 Å². The third-order valence-electron chi connectivity index (χ3n) is 5.24. The molecule has 1 fully saturated rings. The molecule has 168 valence electrons. The summed E-state index contributed by atoms with van der Waals surface area (Å²) in [6.45, 7) is 2.32. The molecule has 8 heteroatoms. The number of benzene rings is 2. The zero-order chi connectivity index (χ0) is 22.3. The van der Waals surface area contributed by atoms with Gasteiger partial charge < -0.3 is 15.5 Å². The molecule has 7 nitrogen and oxygen atoms in total. The SMILES string of the molecule is CN(C)Cc1cccc(CNC(=O)Nc2cccc(S(=O)(=O)N3CCCCCC3)c2)c1. The fourth-order valence-corrected chi connectivity index (χ4v) is 5.29. The Kier molecular flexibility index (Phi) is 8.06. The summed E-state index contributed by atoms with van der Waals surface area (Å²) in [6.07, 6.45) is 3.89. The minimum Gasteiger partial charge on any atom is -0.334 e. The maximum atomic E-state index is 13.0. The van der Waals surface area contributed by atoms with E-state index in [1.807, 2.05) is 26.2 Å². The van der Waals surface area contributed by atoms with Crippen molar-refractivity contribution in [3.05, 3.63) is 59.7 Å². The van der Waals surface area contributed by atoms with Gasteiger partial charge in [-0.25, -0.2) is 13.2 Å². The lowest BCUT2D eigenvalue weighted by Crippen LogP contribution is -2.32. The first-order valence-electron chi connectivity index (χ1n) is 10.7. The van der Waals surface area contributed by atoms with E-state index < -0.39 is 10.0 Å². The lowest BCUT2D eigenvalue weighted by molar-refractivity contribution is 0.251. The quantitative estimate of drug-likeness (QED) is 0.683. The van der Waals surface area contributed by atoms with Crippen LogP contribution in [0.3, 0.4) is 0 Å². The van der Waals surface area contributed by atoms with E-state index in [1.165, 1.54) is 11.6 Å². The van der Waals surface area contributed by atoms with Crippen molar-refractivity contribution in [3.63, 3.8) is 0 Å². The molecule has 2 N–H and O–H groups in total. The number of carbonyl (C=O) groups is 1. The molecule has 3 rings (SSSR count). The van der Waals surface area contributed by atoms with Gasteiger partial charge in [-0.15, -0.1) is 0 Å². The molecule has 1 aliphatic rings. The van der Waals surface area contributed by atoms with E-state index in [4.69, 9.17) is 0 Å². The Hall–Kier alpha value is -2.42. The number of urea groups is 1. The topological polar surface area (TPSA) is 81.8 Å². The Morgan fingerprint density at radius 1 is 0.968 bits per heavy atom. The van der Waals surface area contributed by atoms with E-state index in [0.29, 0.717) is 25.3 Å². The van der Waals surface area contributed by atoms with Crippen molar-refractivity contribution in [2.75, 3.05) is 32.5 Å². The molecular weight excluding hydrogens is 412 g/mol. The molecule has 1 saturated heterocycles. The third-order valence-corrected chi connectivity index (χ3v) is 7.13. The number of hydrogen-bond acceptors (Lipinski definition) is 4. The molecule has 0 unspecified atom stereocenters. The van der Waals surface area contributed by atoms with Gasteiger partial charge in [-0.1, -0.05) is 43.2 Å². The van der Waals surface area contributed by atoms with Crippen LogP contribution in [0.25, 0.3) is 0 Å². The van der Waals surface area contributed by atoms with Crippen LogP contribution in [0.2, 0.25) is 0 Å². The normalized spacial score (nSPS) is 15.5. The van der Waals surface area contributed by atoms with Crippen molar-refractivity contribution in [2.24, 2.45) is 0 Å². The number of anilines is 1. The van der Waals surface area contributed by atoms with Crippen molar-refractivity contribution in [3.8, 4) is 0 Å². The van der Waals surface area contributed by atoms with Crippen LogP contribution in [-0.4, -0.2) is 50.8 Å². The lowest BCUT2D eigenvalue weighted by atomic mass is 10.1. The monoisotopic (exact) mass is 444 g/mol. The molecule has 1 heterocycles. The Morgan fingerprint density at radius 3 is 2.35 bits per heavy atom. The van der Waals surface area contributed by atoms with Crippen molar-refractivity contribution in [1.29, 1.82) is 0 Å². The maximum absolute atomic E-state index is 13.0. The van der Waals surface area contributed by atoms with Crippen LogP contribution in [0.1, 0.15) is 36.8 Å². The molecular formula is C23H32N4O3S. The van der Waals surface area contributed by atoms with E-state index in [2.05, 4.69) is 27.7 Å². The molecule has 0 atom stereocenters. The molecule has 0 aromatic heterocycles. The summed E-state index contributed by atoms with van der Waals surface area (Å²) >= 11 is 0. The predicted molar refractivity (Wildman–Crippen MR) is 123 cm³/mol. The van der Waals surface area contributed by atoms with E-state index in [1.54, 1.807) is 22.5 Å². The van der Waals surface area contributed by atoms with Gasteiger partial charge in [-0.2, -0.15) is 4.31 Å². The van der Waals surface area contributed by atoms with Crippen LogP contribution >= 0.6 is 0 Å². The van der Waals surface area contributed by atoms with Crippen molar-refractivity contribution in [1.82, 2.24) is 14.5 Å². The molecule has 0 saturated carbocycles. The minimum absolute atomic E-state index is 0.212. The fourth-order valence-electron chi connectivity index (χ4n) is 3.73. The summed E-state index contributed by atoms with van der Waals surface area (Å²) in [5, 5.41) is 5.58. The van der Waals surface area contributed by atoms with Crippen molar-refractivity contribution in [2.45, 2.75) is 43.7 Å². The summed E-state index contributed by atoms with van der Waals surface area (Å²) < 4.78 is 27.5. The molecule has 1 aliphatic heterocycles. The number of nitrogens with one attached hydrogen (secondary N) is 2. The average molecular weight is 445 g/mol. The van der Waals surface area contributed by atoms with E-state index in [0.717, 1.165) is 37.8 Å². The number of carbonyl (C=O) groups excluding carboxylic acids is 1. The van der Waals surface area contributed by atoms with Crippen LogP contribution in [0, 0.1) is 0 Å². The first kappa shape index (κ1) is 23.2. The summed E-state index contributed by atoms with van der Waals surface area (Å²) in [5.74, 6) is 0. The predicted octanol–water partition coefficient (Wildman–Crippen LogP) is 3.63. The highest BCUT2D eigenvalue weighted by Gasteiger charge is 2.25. The summed E-state index contributed by atoms with van der Waals surface area (Å²) in [5.41, 5.74) is 2.64. The van der Waals surface area contributed by atoms with Crippen molar-refractivity contribution >= 4 is 21.7 Å². The van der Waals surface area contributed by atoms with Gasteiger partial charge in [0.1, 0.15) is 0 Å². The van der Waals surface area contributed by atoms with Crippen LogP contribution in [0.4, 0.5) is 10.5 Å². The van der Waals surface area contributed by atoms with Gasteiger partial charge >= 0.3 is 6.03 Å². The maximum Gasteiger partial charge on any atom is 0.319 e. The van der Waals surface area contributed by atoms with Crippen molar-refractivity contribution < 1.29 is 13.2 Å². The smallest absolute Gasteiger partial charge is 0.319 e. The molecule has 2 amide bonds. The number of amides is 2. The highest BCUT2D eigenvalue weighted by Crippen LogP contribution is 2.22. The molecule has 2 aromatic carbocycles. The first-order valence-corrected chi connectivity index (χ1v) is 12.2. The standard InChI is InChI=1S/C23H32N4O3S/c1-26(2)18-20-10-7-9-19(15-20)17-24-23(28)25-21-11-8-12-22(16-21)31(29,30)27-13-5-3-4-6-14-27/h7-12,15-16H,3-6,13-14,17-18H2,1-2H3,(H2,24,25,28). The van der Waals surface area contributed by atoms with Gasteiger partial charge in [0, 0.05) is 31.9 Å². The number of nitrogens with zero attached hydrogens (tertiary/aromatic N) is 2. The van der Waals surface area contributed by atoms with Gasteiger partial charge in [-0.3, -0.25) is 0 Å². The molecule has 0 bridgehead atoms. The minimum atomic E-state index is -3.56. The van der Waals surface area contributed by atoms with Gasteiger partial charge in [-0.05, 0) is 56.3 Å². The number of rotatable bonds is 7. The van der Waals surface area contributed by atoms with Gasteiger partial charge in [0.05, 0.1) is 4.90 Å². The zero-order valence-corrected chi connectivity index (χ0v) is 19.1. The summed E-state index contributed by atoms with van der Waals surface area (Å²) in [4.78, 5) is 14.7. The van der Waals surface area contributed by atoms with Crippen LogP contribution in [0.15, 0.2) is 53.4 Å². The Balaban J connectivity index is 1.61. The van der Waals surface area contributed by atoms with E-state index in [-0.39, 0.29) is 10.9 Å². The average Bonchev–Trinajstić information content (AvgIpc) is 3.02. The second-order valence-corrected chi connectivity index (χ2v) is 10.1. The van der Waals surface area contributed by atoms with E-state index >= 15 is 0 Å². The second-order valence-electron chi connectivity index (χ2n) is 8.21. The van der Waals surface area contributed by atoms with Crippen LogP contribution in [-0.2, 0) is 23.1 Å². The Labute approximate surface area is 185 Å². The zero-order valence-electron chi connectivity index (χ0n) is 18.3. The molecule has 31 heavy (non-hydrogen) atoms. The summed E-state index contributed by atoms with van der Waals surface area (Å²) in [6, 6.07) is 14.1. The highest BCUT2D eigenvalue weighted by molar-refractivity contribution is 7.89. The largest absolute Gasteiger partial charge is 0.334 e. The van der Waals surface area contributed by atoms with Gasteiger partial charge in [0.2, 0.25) is 10.0 Å². The van der Waals surface area contributed by atoms with E-state index in [9.17, 15) is 13.2 Å². The molecule has 0 aliphatic carbocycles. The third kappa shape index (κ3) is 6.78. The number of sulfonamides is 1. The fraction of sp³-hybridized carbons (Fsp3) is 0.435. The molecule has 0 spiro atoms. The first-order chi connectivity index (χ1) is 14.8. The van der Waals surface area contributed by atoms with Gasteiger partial charge in [0.15, 0.2) is 0 Å². The second kappa shape index (κ2) is 10.7. The summed E-state index contributed by atoms with van der Waals surface area (Å²) in [7, 11) is 0.471. The number of hydrogen-bond donors (Lipinski definition) is 2.